The van der Waals surface area contributed by atoms with Crippen molar-refractivity contribution in [2.24, 2.45) is 0 Å². The van der Waals surface area contributed by atoms with Gasteiger partial charge >= 0.3 is 0 Å². The summed E-state index contributed by atoms with van der Waals surface area (Å²) in [6, 6.07) is 2.74. The van der Waals surface area contributed by atoms with E-state index in [1.807, 2.05) is 6.20 Å². The molecule has 6 heteroatoms. The zero-order chi connectivity index (χ0) is 14.9. The maximum Gasteiger partial charge on any atom is 0.0854 e. The van der Waals surface area contributed by atoms with Crippen LogP contribution in [0, 0.1) is 6.92 Å². The summed E-state index contributed by atoms with van der Waals surface area (Å²) in [5.74, 6) is 0. The van der Waals surface area contributed by atoms with Crippen LogP contribution in [0.2, 0.25) is 0 Å². The van der Waals surface area contributed by atoms with Crippen molar-refractivity contribution >= 4 is 43.2 Å². The van der Waals surface area contributed by atoms with E-state index >= 15 is 0 Å². The fraction of sp³-hybridized carbons (Fsp3) is 0.500. The van der Waals surface area contributed by atoms with Crippen LogP contribution in [-0.2, 0) is 0 Å². The first kappa shape index (κ1) is 16.2. The van der Waals surface area contributed by atoms with E-state index in [0.29, 0.717) is 6.04 Å². The van der Waals surface area contributed by atoms with Gasteiger partial charge in [0.25, 0.3) is 0 Å². The Hall–Kier alpha value is -0.170. The molecule has 2 heterocycles. The average Bonchev–Trinajstić information content (AvgIpc) is 2.91. The molecule has 0 saturated carbocycles. The molecule has 0 spiro atoms. The fourth-order valence-corrected chi connectivity index (χ4v) is 4.35. The van der Waals surface area contributed by atoms with Crippen LogP contribution in [0.1, 0.15) is 49.0 Å². The van der Waals surface area contributed by atoms with Crippen molar-refractivity contribution in [2.45, 2.75) is 39.8 Å². The molecule has 0 aliphatic heterocycles. The summed E-state index contributed by atoms with van der Waals surface area (Å²) >= 11 is 9.05. The van der Waals surface area contributed by atoms with Crippen LogP contribution in [0.25, 0.3) is 0 Å². The number of thiophene rings is 1. The first-order valence-corrected chi connectivity index (χ1v) is 9.08. The molecule has 2 aromatic heterocycles. The van der Waals surface area contributed by atoms with Crippen LogP contribution >= 0.6 is 43.2 Å². The standard InChI is InChI=1S/C14H19Br2N3S/c1-5-17-12(11-6-9(4)14(16)20-11)13-10(15)7-18-19(13)8(2)3/h6-8,12,17H,5H2,1-4H3. The second kappa shape index (κ2) is 6.73. The molecule has 0 saturated heterocycles. The van der Waals surface area contributed by atoms with Crippen molar-refractivity contribution in [3.63, 3.8) is 0 Å². The van der Waals surface area contributed by atoms with Gasteiger partial charge in [0.05, 0.1) is 26.2 Å². The molecule has 1 N–H and O–H groups in total. The van der Waals surface area contributed by atoms with Crippen molar-refractivity contribution in [2.75, 3.05) is 6.54 Å². The second-order valence-corrected chi connectivity index (χ2v) is 8.27. The van der Waals surface area contributed by atoms with Gasteiger partial charge in [-0.25, -0.2) is 0 Å². The minimum atomic E-state index is 0.161. The molecule has 0 bridgehead atoms. The van der Waals surface area contributed by atoms with E-state index in [9.17, 15) is 0 Å². The Morgan fingerprint density at radius 2 is 2.10 bits per heavy atom. The molecular weight excluding hydrogens is 402 g/mol. The number of hydrogen-bond donors (Lipinski definition) is 1. The van der Waals surface area contributed by atoms with Gasteiger partial charge in [-0.15, -0.1) is 11.3 Å². The van der Waals surface area contributed by atoms with E-state index in [1.54, 1.807) is 11.3 Å². The maximum absolute atomic E-state index is 4.50. The molecule has 20 heavy (non-hydrogen) atoms. The molecule has 1 unspecified atom stereocenters. The van der Waals surface area contributed by atoms with Crippen LogP contribution in [0.5, 0.6) is 0 Å². The van der Waals surface area contributed by atoms with E-state index in [4.69, 9.17) is 0 Å². The van der Waals surface area contributed by atoms with Gasteiger partial charge in [-0.3, -0.25) is 4.68 Å². The zero-order valence-corrected chi connectivity index (χ0v) is 16.1. The molecule has 0 aromatic carbocycles. The highest BCUT2D eigenvalue weighted by atomic mass is 79.9. The Morgan fingerprint density at radius 1 is 1.40 bits per heavy atom. The van der Waals surface area contributed by atoms with E-state index in [0.717, 1.165) is 11.0 Å². The highest BCUT2D eigenvalue weighted by Crippen LogP contribution is 2.37. The number of nitrogens with one attached hydrogen (secondary N) is 1. The summed E-state index contributed by atoms with van der Waals surface area (Å²) in [4.78, 5) is 1.30. The molecule has 1 atom stereocenters. The smallest absolute Gasteiger partial charge is 0.0854 e. The van der Waals surface area contributed by atoms with Crippen molar-refractivity contribution in [1.29, 1.82) is 0 Å². The Balaban J connectivity index is 2.51. The summed E-state index contributed by atoms with van der Waals surface area (Å²) < 4.78 is 4.34. The van der Waals surface area contributed by atoms with Crippen LogP contribution < -0.4 is 5.32 Å². The summed E-state index contributed by atoms with van der Waals surface area (Å²) in [5.41, 5.74) is 2.47. The summed E-state index contributed by atoms with van der Waals surface area (Å²) in [7, 11) is 0. The minimum absolute atomic E-state index is 0.161. The van der Waals surface area contributed by atoms with Crippen LogP contribution in [-0.4, -0.2) is 16.3 Å². The number of halogens is 2. The zero-order valence-electron chi connectivity index (χ0n) is 12.1. The average molecular weight is 421 g/mol. The molecule has 2 aromatic rings. The molecule has 110 valence electrons. The van der Waals surface area contributed by atoms with Crippen molar-refractivity contribution in [3.05, 3.63) is 36.7 Å². The van der Waals surface area contributed by atoms with E-state index in [1.165, 1.54) is 19.9 Å². The Bertz CT molecular complexity index is 570. The predicted molar refractivity (Wildman–Crippen MR) is 92.6 cm³/mol. The van der Waals surface area contributed by atoms with E-state index in [-0.39, 0.29) is 6.04 Å². The molecule has 0 aliphatic rings. The molecule has 2 rings (SSSR count). The van der Waals surface area contributed by atoms with Gasteiger partial charge in [-0.1, -0.05) is 6.92 Å². The summed E-state index contributed by atoms with van der Waals surface area (Å²) in [6.45, 7) is 9.48. The Labute approximate surface area is 141 Å². The maximum atomic E-state index is 4.50. The third-order valence-corrected chi connectivity index (χ3v) is 5.93. The topological polar surface area (TPSA) is 29.9 Å². The van der Waals surface area contributed by atoms with Gasteiger partial charge in [0.1, 0.15) is 0 Å². The van der Waals surface area contributed by atoms with Gasteiger partial charge in [0.2, 0.25) is 0 Å². The lowest BCUT2D eigenvalue weighted by molar-refractivity contribution is 0.477. The van der Waals surface area contributed by atoms with Crippen molar-refractivity contribution in [1.82, 2.24) is 15.1 Å². The number of nitrogens with zero attached hydrogens (tertiary/aromatic N) is 2. The molecular formula is C14H19Br2N3S. The Morgan fingerprint density at radius 3 is 2.60 bits per heavy atom. The highest BCUT2D eigenvalue weighted by Gasteiger charge is 2.24. The lowest BCUT2D eigenvalue weighted by atomic mass is 10.1. The van der Waals surface area contributed by atoms with Gasteiger partial charge < -0.3 is 5.32 Å². The number of aromatic nitrogens is 2. The minimum Gasteiger partial charge on any atom is -0.305 e. The van der Waals surface area contributed by atoms with Crippen LogP contribution in [0.4, 0.5) is 0 Å². The van der Waals surface area contributed by atoms with E-state index in [2.05, 4.69) is 80.7 Å². The van der Waals surface area contributed by atoms with Gasteiger partial charge in [-0.05, 0) is 70.8 Å². The van der Waals surface area contributed by atoms with Gasteiger partial charge in [0.15, 0.2) is 0 Å². The number of hydrogen-bond acceptors (Lipinski definition) is 3. The summed E-state index contributed by atoms with van der Waals surface area (Å²) in [5, 5.41) is 8.07. The first-order valence-electron chi connectivity index (χ1n) is 6.67. The monoisotopic (exact) mass is 419 g/mol. The van der Waals surface area contributed by atoms with Crippen LogP contribution in [0.3, 0.4) is 0 Å². The van der Waals surface area contributed by atoms with Gasteiger partial charge in [-0.2, -0.15) is 5.10 Å². The number of rotatable bonds is 5. The molecule has 3 nitrogen and oxygen atoms in total. The predicted octanol–water partition coefficient (Wildman–Crippen LogP) is 5.06. The highest BCUT2D eigenvalue weighted by molar-refractivity contribution is 9.11. The second-order valence-electron chi connectivity index (χ2n) is 5.01. The van der Waals surface area contributed by atoms with Crippen molar-refractivity contribution in [3.8, 4) is 0 Å². The van der Waals surface area contributed by atoms with E-state index < -0.39 is 0 Å². The Kier molecular flexibility index (Phi) is 5.45. The van der Waals surface area contributed by atoms with Crippen LogP contribution in [0.15, 0.2) is 20.5 Å². The largest absolute Gasteiger partial charge is 0.305 e. The summed E-state index contributed by atoms with van der Waals surface area (Å²) in [6.07, 6.45) is 1.88. The molecule has 0 aliphatic carbocycles. The fourth-order valence-electron chi connectivity index (χ4n) is 2.19. The normalized spacial score (nSPS) is 13.2. The lowest BCUT2D eigenvalue weighted by Crippen LogP contribution is -2.25. The molecule has 0 amide bonds. The van der Waals surface area contributed by atoms with Crippen molar-refractivity contribution < 1.29 is 0 Å². The third kappa shape index (κ3) is 3.18. The van der Waals surface area contributed by atoms with Gasteiger partial charge in [0, 0.05) is 10.9 Å². The SMILES string of the molecule is CCNC(c1cc(C)c(Br)s1)c1c(Br)cnn1C(C)C. The lowest BCUT2D eigenvalue weighted by Gasteiger charge is -2.21. The third-order valence-electron chi connectivity index (χ3n) is 3.12. The molecule has 0 radical (unpaired) electrons. The number of aryl methyl sites for hydroxylation is 1. The first-order chi connectivity index (χ1) is 9.45. The quantitative estimate of drug-likeness (QED) is 0.732. The molecule has 0 fully saturated rings.